The number of ether oxygens (including phenoxy) is 2. The first-order valence-corrected chi connectivity index (χ1v) is 10.4. The van der Waals surface area contributed by atoms with Gasteiger partial charge in [-0.25, -0.2) is 13.6 Å². The van der Waals surface area contributed by atoms with Gasteiger partial charge in [0.25, 0.3) is 0 Å². The SMILES string of the molecule is COC(=O)C(CCSC(=O)c1cc(-c2ccc(F)cc2F)ccc1OC(C)=O)NC(C)=O. The van der Waals surface area contributed by atoms with Crippen LogP contribution in [0.2, 0.25) is 0 Å². The number of nitrogens with one attached hydrogen (secondary N) is 1. The Bertz CT molecular complexity index is 1040. The molecule has 0 spiro atoms. The van der Waals surface area contributed by atoms with Gasteiger partial charge in [-0.3, -0.25) is 14.4 Å². The van der Waals surface area contributed by atoms with Crippen LogP contribution in [-0.2, 0) is 19.1 Å². The first kappa shape index (κ1) is 25.0. The van der Waals surface area contributed by atoms with Gasteiger partial charge < -0.3 is 14.8 Å². The monoisotopic (exact) mass is 465 g/mol. The van der Waals surface area contributed by atoms with E-state index in [-0.39, 0.29) is 34.6 Å². The van der Waals surface area contributed by atoms with Gasteiger partial charge in [0.2, 0.25) is 11.0 Å². The molecule has 2 rings (SSSR count). The molecular weight excluding hydrogens is 444 g/mol. The summed E-state index contributed by atoms with van der Waals surface area (Å²) in [6.45, 7) is 2.42. The average Bonchev–Trinajstić information content (AvgIpc) is 2.72. The number of amides is 1. The van der Waals surface area contributed by atoms with Gasteiger partial charge in [-0.15, -0.1) is 0 Å². The van der Waals surface area contributed by atoms with E-state index in [9.17, 15) is 28.0 Å². The van der Waals surface area contributed by atoms with Gasteiger partial charge in [0.15, 0.2) is 0 Å². The fourth-order valence-electron chi connectivity index (χ4n) is 2.81. The molecule has 1 N–H and O–H groups in total. The molecule has 170 valence electrons. The van der Waals surface area contributed by atoms with E-state index >= 15 is 0 Å². The van der Waals surface area contributed by atoms with Crippen LogP contribution >= 0.6 is 11.8 Å². The molecule has 0 fully saturated rings. The van der Waals surface area contributed by atoms with Gasteiger partial charge in [0, 0.05) is 31.2 Å². The molecular formula is C22H21F2NO6S. The van der Waals surface area contributed by atoms with Crippen molar-refractivity contribution in [1.29, 1.82) is 0 Å². The second kappa shape index (κ2) is 11.4. The number of hydrogen-bond acceptors (Lipinski definition) is 7. The molecule has 1 unspecified atom stereocenters. The molecule has 32 heavy (non-hydrogen) atoms. The van der Waals surface area contributed by atoms with E-state index in [4.69, 9.17) is 4.74 Å². The molecule has 0 saturated heterocycles. The highest BCUT2D eigenvalue weighted by atomic mass is 32.2. The summed E-state index contributed by atoms with van der Waals surface area (Å²) < 4.78 is 37.1. The van der Waals surface area contributed by atoms with E-state index in [0.717, 1.165) is 23.9 Å². The van der Waals surface area contributed by atoms with E-state index in [1.54, 1.807) is 0 Å². The summed E-state index contributed by atoms with van der Waals surface area (Å²) in [7, 11) is 1.18. The number of thioether (sulfide) groups is 1. The number of methoxy groups -OCH3 is 1. The lowest BCUT2D eigenvalue weighted by atomic mass is 10.0. The Kier molecular flexibility index (Phi) is 8.89. The van der Waals surface area contributed by atoms with Crippen molar-refractivity contribution >= 4 is 34.7 Å². The lowest BCUT2D eigenvalue weighted by Crippen LogP contribution is -2.40. The number of carbonyl (C=O) groups is 4. The van der Waals surface area contributed by atoms with Crippen molar-refractivity contribution in [3.63, 3.8) is 0 Å². The Hall–Kier alpha value is -3.27. The maximum Gasteiger partial charge on any atom is 0.328 e. The third-order valence-corrected chi connectivity index (χ3v) is 5.12. The van der Waals surface area contributed by atoms with Crippen LogP contribution in [0, 0.1) is 11.6 Å². The Balaban J connectivity index is 2.26. The molecule has 0 aliphatic heterocycles. The summed E-state index contributed by atoms with van der Waals surface area (Å²) in [4.78, 5) is 47.3. The second-order valence-electron chi connectivity index (χ2n) is 6.63. The normalized spacial score (nSPS) is 11.4. The van der Waals surface area contributed by atoms with Crippen LogP contribution in [0.3, 0.4) is 0 Å². The Morgan fingerprint density at radius 1 is 1.06 bits per heavy atom. The van der Waals surface area contributed by atoms with Crippen LogP contribution in [0.1, 0.15) is 30.6 Å². The third-order valence-electron chi connectivity index (χ3n) is 4.20. The van der Waals surface area contributed by atoms with Crippen molar-refractivity contribution in [2.24, 2.45) is 0 Å². The first-order chi connectivity index (χ1) is 15.1. The summed E-state index contributed by atoms with van der Waals surface area (Å²) in [5.41, 5.74) is 0.352. The van der Waals surface area contributed by atoms with Crippen LogP contribution < -0.4 is 10.1 Å². The van der Waals surface area contributed by atoms with E-state index in [1.807, 2.05) is 0 Å². The van der Waals surface area contributed by atoms with Gasteiger partial charge in [0.05, 0.1) is 12.7 Å². The van der Waals surface area contributed by atoms with Crippen LogP contribution in [0.15, 0.2) is 36.4 Å². The van der Waals surface area contributed by atoms with Gasteiger partial charge in [-0.2, -0.15) is 0 Å². The standard InChI is InChI=1S/C22H21F2NO6S/c1-12(26)25-19(21(28)30-3)8-9-32-22(29)17-10-14(4-7-20(17)31-13(2)27)16-6-5-15(23)11-18(16)24/h4-7,10-11,19H,8-9H2,1-3H3,(H,25,26). The quantitative estimate of drug-likeness (QED) is 0.471. The van der Waals surface area contributed by atoms with Gasteiger partial charge in [-0.1, -0.05) is 17.8 Å². The summed E-state index contributed by atoms with van der Waals surface area (Å²) in [6.07, 6.45) is 0.109. The molecule has 0 aliphatic rings. The molecule has 7 nitrogen and oxygen atoms in total. The number of benzene rings is 2. The van der Waals surface area contributed by atoms with Crippen molar-refractivity contribution in [2.75, 3.05) is 12.9 Å². The minimum atomic E-state index is -0.926. The smallest absolute Gasteiger partial charge is 0.328 e. The molecule has 1 amide bonds. The lowest BCUT2D eigenvalue weighted by molar-refractivity contribution is -0.144. The largest absolute Gasteiger partial charge is 0.467 e. The number of hydrogen-bond donors (Lipinski definition) is 1. The zero-order chi connectivity index (χ0) is 23.8. The van der Waals surface area contributed by atoms with E-state index < -0.39 is 40.6 Å². The molecule has 0 aromatic heterocycles. The Labute approximate surface area is 187 Å². The van der Waals surface area contributed by atoms with E-state index in [0.29, 0.717) is 0 Å². The van der Waals surface area contributed by atoms with Gasteiger partial charge in [-0.05, 0) is 36.2 Å². The number of esters is 2. The number of carbonyl (C=O) groups excluding carboxylic acids is 4. The zero-order valence-electron chi connectivity index (χ0n) is 17.6. The minimum absolute atomic E-state index is 0.000528. The average molecular weight is 465 g/mol. The lowest BCUT2D eigenvalue weighted by Gasteiger charge is -2.15. The first-order valence-electron chi connectivity index (χ1n) is 9.42. The molecule has 0 aliphatic carbocycles. The minimum Gasteiger partial charge on any atom is -0.467 e. The van der Waals surface area contributed by atoms with Crippen LogP contribution in [-0.4, -0.2) is 41.9 Å². The highest BCUT2D eigenvalue weighted by molar-refractivity contribution is 8.14. The second-order valence-corrected chi connectivity index (χ2v) is 7.70. The van der Waals surface area contributed by atoms with Crippen molar-refractivity contribution in [3.05, 3.63) is 53.6 Å². The maximum absolute atomic E-state index is 14.2. The van der Waals surface area contributed by atoms with Crippen molar-refractivity contribution in [2.45, 2.75) is 26.3 Å². The third kappa shape index (κ3) is 6.88. The van der Waals surface area contributed by atoms with Gasteiger partial charge in [0.1, 0.15) is 23.4 Å². The highest BCUT2D eigenvalue weighted by Crippen LogP contribution is 2.31. The Morgan fingerprint density at radius 2 is 1.78 bits per heavy atom. The molecule has 0 bridgehead atoms. The fraction of sp³-hybridized carbons (Fsp3) is 0.273. The number of halogens is 2. The summed E-state index contributed by atoms with van der Waals surface area (Å²) in [5.74, 6) is -3.17. The zero-order valence-corrected chi connectivity index (χ0v) is 18.4. The fourth-order valence-corrected chi connectivity index (χ4v) is 3.66. The molecule has 0 radical (unpaired) electrons. The molecule has 0 saturated carbocycles. The Morgan fingerprint density at radius 3 is 2.38 bits per heavy atom. The van der Waals surface area contributed by atoms with E-state index in [1.165, 1.54) is 45.2 Å². The summed E-state index contributed by atoms with van der Waals surface area (Å²) in [6, 6.07) is 6.26. The predicted molar refractivity (Wildman–Crippen MR) is 114 cm³/mol. The molecule has 2 aromatic rings. The van der Waals surface area contributed by atoms with Gasteiger partial charge >= 0.3 is 11.9 Å². The summed E-state index contributed by atoms with van der Waals surface area (Å²) in [5, 5.41) is 1.94. The highest BCUT2D eigenvalue weighted by Gasteiger charge is 2.22. The predicted octanol–water partition coefficient (Wildman–Crippen LogP) is 3.50. The molecule has 10 heteroatoms. The van der Waals surface area contributed by atoms with Crippen LogP contribution in [0.4, 0.5) is 8.78 Å². The van der Waals surface area contributed by atoms with Crippen LogP contribution in [0.5, 0.6) is 5.75 Å². The molecule has 0 heterocycles. The molecule has 1 atom stereocenters. The maximum atomic E-state index is 14.2. The molecule has 2 aromatic carbocycles. The number of rotatable bonds is 8. The van der Waals surface area contributed by atoms with Crippen molar-refractivity contribution in [3.8, 4) is 16.9 Å². The van der Waals surface area contributed by atoms with Crippen LogP contribution in [0.25, 0.3) is 11.1 Å². The summed E-state index contributed by atoms with van der Waals surface area (Å²) >= 11 is 0.822. The topological polar surface area (TPSA) is 98.8 Å². The van der Waals surface area contributed by atoms with E-state index in [2.05, 4.69) is 10.1 Å². The van der Waals surface area contributed by atoms with Crippen molar-refractivity contribution < 1.29 is 37.4 Å². The van der Waals surface area contributed by atoms with Crippen molar-refractivity contribution in [1.82, 2.24) is 5.32 Å².